The smallest absolute Gasteiger partial charge is 0.230 e. The molecule has 0 aromatic heterocycles. The number of hydrogen-bond donors (Lipinski definition) is 0. The molecule has 4 heteroatoms. The summed E-state index contributed by atoms with van der Waals surface area (Å²) in [5.41, 5.74) is 0.737. The zero-order valence-corrected chi connectivity index (χ0v) is 11.1. The molecular weight excluding hydrogens is 245 g/mol. The Morgan fingerprint density at radius 3 is 2.47 bits per heavy atom. The van der Waals surface area contributed by atoms with Gasteiger partial charge in [0.2, 0.25) is 5.91 Å². The first-order chi connectivity index (χ1) is 9.08. The lowest BCUT2D eigenvalue weighted by atomic mass is 9.89. The van der Waals surface area contributed by atoms with Gasteiger partial charge in [0, 0.05) is 13.1 Å². The molecule has 1 heterocycles. The Morgan fingerprint density at radius 2 is 1.89 bits per heavy atom. The number of benzene rings is 1. The fourth-order valence-electron chi connectivity index (χ4n) is 2.57. The number of nitrogens with zero attached hydrogens (tertiary/aromatic N) is 1. The van der Waals surface area contributed by atoms with Gasteiger partial charge in [0.05, 0.1) is 6.42 Å². The van der Waals surface area contributed by atoms with E-state index in [2.05, 4.69) is 0 Å². The van der Waals surface area contributed by atoms with E-state index in [1.807, 2.05) is 12.1 Å². The molecule has 0 spiro atoms. The Balaban J connectivity index is 1.94. The topological polar surface area (TPSA) is 37.4 Å². The number of halogens is 1. The van der Waals surface area contributed by atoms with Gasteiger partial charge in [-0.25, -0.2) is 4.39 Å². The molecule has 0 radical (unpaired) electrons. The van der Waals surface area contributed by atoms with Crippen molar-refractivity contribution in [3.05, 3.63) is 35.6 Å². The number of Topliss-reactive ketones (excluding diaryl/α,β-unsaturated/α-hetero) is 1. The van der Waals surface area contributed by atoms with Gasteiger partial charge in [-0.1, -0.05) is 18.2 Å². The largest absolute Gasteiger partial charge is 0.342 e. The zero-order valence-electron chi connectivity index (χ0n) is 11.1. The monoisotopic (exact) mass is 263 g/mol. The number of likely N-dealkylation sites (tertiary alicyclic amines) is 1. The maximum absolute atomic E-state index is 13.7. The zero-order chi connectivity index (χ0) is 13.8. The predicted octanol–water partition coefficient (Wildman–Crippen LogP) is 2.51. The normalized spacial score (nSPS) is 16.4. The Hall–Kier alpha value is -1.71. The van der Waals surface area contributed by atoms with Crippen molar-refractivity contribution in [2.24, 2.45) is 0 Å². The van der Waals surface area contributed by atoms with Crippen LogP contribution in [0.4, 0.5) is 4.39 Å². The summed E-state index contributed by atoms with van der Waals surface area (Å²) in [6.07, 6.45) is 1.49. The van der Waals surface area contributed by atoms with Crippen molar-refractivity contribution in [2.75, 3.05) is 13.1 Å². The number of piperidine rings is 1. The molecule has 102 valence electrons. The van der Waals surface area contributed by atoms with Gasteiger partial charge in [0.25, 0.3) is 0 Å². The van der Waals surface area contributed by atoms with Crippen LogP contribution in [0.3, 0.4) is 0 Å². The molecule has 1 aliphatic heterocycles. The van der Waals surface area contributed by atoms with Gasteiger partial charge >= 0.3 is 0 Å². The van der Waals surface area contributed by atoms with Crippen LogP contribution < -0.4 is 0 Å². The lowest BCUT2D eigenvalue weighted by Crippen LogP contribution is -2.38. The quantitative estimate of drug-likeness (QED) is 0.786. The minimum atomic E-state index is -0.170. The molecule has 0 unspecified atom stereocenters. The molecule has 19 heavy (non-hydrogen) atoms. The summed E-state index contributed by atoms with van der Waals surface area (Å²) >= 11 is 0. The third kappa shape index (κ3) is 3.40. The summed E-state index contributed by atoms with van der Waals surface area (Å²) in [7, 11) is 0. The van der Waals surface area contributed by atoms with Gasteiger partial charge in [-0.05, 0) is 37.3 Å². The minimum absolute atomic E-state index is 0.0234. The van der Waals surface area contributed by atoms with Crippen LogP contribution in [0.2, 0.25) is 0 Å². The van der Waals surface area contributed by atoms with Gasteiger partial charge in [0.1, 0.15) is 11.6 Å². The predicted molar refractivity (Wildman–Crippen MR) is 70.3 cm³/mol. The van der Waals surface area contributed by atoms with Crippen molar-refractivity contribution in [3.63, 3.8) is 0 Å². The SMILES string of the molecule is CC(=O)CC(=O)N1CCC(c2ccccc2F)CC1. The van der Waals surface area contributed by atoms with Crippen LogP contribution in [-0.4, -0.2) is 29.7 Å². The van der Waals surface area contributed by atoms with E-state index in [0.29, 0.717) is 13.1 Å². The van der Waals surface area contributed by atoms with Crippen LogP contribution in [0.1, 0.15) is 37.7 Å². The molecule has 2 rings (SSSR count). The van der Waals surface area contributed by atoms with E-state index in [4.69, 9.17) is 0 Å². The Bertz CT molecular complexity index is 479. The molecule has 0 bridgehead atoms. The number of hydrogen-bond acceptors (Lipinski definition) is 2. The average molecular weight is 263 g/mol. The van der Waals surface area contributed by atoms with Crippen molar-refractivity contribution in [1.82, 2.24) is 4.90 Å². The fraction of sp³-hybridized carbons (Fsp3) is 0.467. The van der Waals surface area contributed by atoms with Crippen LogP contribution in [0.15, 0.2) is 24.3 Å². The fourth-order valence-corrected chi connectivity index (χ4v) is 2.57. The second-order valence-electron chi connectivity index (χ2n) is 5.06. The third-order valence-corrected chi connectivity index (χ3v) is 3.59. The summed E-state index contributed by atoms with van der Waals surface area (Å²) in [6, 6.07) is 6.81. The van der Waals surface area contributed by atoms with Crippen LogP contribution >= 0.6 is 0 Å². The highest BCUT2D eigenvalue weighted by molar-refractivity contribution is 5.96. The van der Waals surface area contributed by atoms with E-state index in [0.717, 1.165) is 18.4 Å². The van der Waals surface area contributed by atoms with Gasteiger partial charge in [-0.15, -0.1) is 0 Å². The van der Waals surface area contributed by atoms with Crippen LogP contribution in [-0.2, 0) is 9.59 Å². The number of rotatable bonds is 3. The van der Waals surface area contributed by atoms with Crippen molar-refractivity contribution in [1.29, 1.82) is 0 Å². The van der Waals surface area contributed by atoms with E-state index in [9.17, 15) is 14.0 Å². The second-order valence-corrected chi connectivity index (χ2v) is 5.06. The first kappa shape index (κ1) is 13.7. The van der Waals surface area contributed by atoms with Gasteiger partial charge in [-0.2, -0.15) is 0 Å². The molecule has 0 N–H and O–H groups in total. The Morgan fingerprint density at radius 1 is 1.26 bits per heavy atom. The number of carbonyl (C=O) groups is 2. The number of carbonyl (C=O) groups excluding carboxylic acids is 2. The first-order valence-electron chi connectivity index (χ1n) is 6.59. The lowest BCUT2D eigenvalue weighted by molar-refractivity contribution is -0.135. The standard InChI is InChI=1S/C15H18FNO2/c1-11(18)10-15(19)17-8-6-12(7-9-17)13-4-2-3-5-14(13)16/h2-5,12H,6-10H2,1H3. The highest BCUT2D eigenvalue weighted by atomic mass is 19.1. The summed E-state index contributed by atoms with van der Waals surface area (Å²) in [6.45, 7) is 2.63. The molecule has 1 aromatic rings. The Kier molecular flexibility index (Phi) is 4.30. The number of ketones is 1. The maximum Gasteiger partial charge on any atom is 0.230 e. The lowest BCUT2D eigenvalue weighted by Gasteiger charge is -2.32. The van der Waals surface area contributed by atoms with Crippen LogP contribution in [0.5, 0.6) is 0 Å². The van der Waals surface area contributed by atoms with E-state index in [1.165, 1.54) is 13.0 Å². The van der Waals surface area contributed by atoms with Crippen molar-refractivity contribution in [3.8, 4) is 0 Å². The molecule has 0 aliphatic carbocycles. The van der Waals surface area contributed by atoms with Gasteiger partial charge in [-0.3, -0.25) is 9.59 Å². The van der Waals surface area contributed by atoms with Crippen molar-refractivity contribution < 1.29 is 14.0 Å². The number of amides is 1. The minimum Gasteiger partial charge on any atom is -0.342 e. The summed E-state index contributed by atoms with van der Waals surface area (Å²) in [5, 5.41) is 0. The van der Waals surface area contributed by atoms with Crippen LogP contribution in [0, 0.1) is 5.82 Å². The molecule has 1 amide bonds. The van der Waals surface area contributed by atoms with Gasteiger partial charge < -0.3 is 4.90 Å². The van der Waals surface area contributed by atoms with Gasteiger partial charge in [0.15, 0.2) is 0 Å². The molecule has 3 nitrogen and oxygen atoms in total. The molecule has 1 aromatic carbocycles. The molecule has 1 saturated heterocycles. The molecule has 0 atom stereocenters. The summed E-state index contributed by atoms with van der Waals surface area (Å²) < 4.78 is 13.7. The van der Waals surface area contributed by atoms with Crippen molar-refractivity contribution >= 4 is 11.7 Å². The molecule has 1 aliphatic rings. The Labute approximate surface area is 112 Å². The van der Waals surface area contributed by atoms with Crippen molar-refractivity contribution in [2.45, 2.75) is 32.1 Å². The third-order valence-electron chi connectivity index (χ3n) is 3.59. The van der Waals surface area contributed by atoms with E-state index in [1.54, 1.807) is 11.0 Å². The van der Waals surface area contributed by atoms with Crippen LogP contribution in [0.25, 0.3) is 0 Å². The highest BCUT2D eigenvalue weighted by Gasteiger charge is 2.25. The summed E-state index contributed by atoms with van der Waals surface area (Å²) in [4.78, 5) is 24.4. The molecular formula is C15H18FNO2. The molecule has 0 saturated carbocycles. The van der Waals surface area contributed by atoms with E-state index < -0.39 is 0 Å². The highest BCUT2D eigenvalue weighted by Crippen LogP contribution is 2.29. The van der Waals surface area contributed by atoms with E-state index >= 15 is 0 Å². The molecule has 1 fully saturated rings. The maximum atomic E-state index is 13.7. The second kappa shape index (κ2) is 5.95. The van der Waals surface area contributed by atoms with E-state index in [-0.39, 0.29) is 29.8 Å². The first-order valence-corrected chi connectivity index (χ1v) is 6.59. The summed E-state index contributed by atoms with van der Waals surface area (Å²) in [5.74, 6) is -0.223. The average Bonchev–Trinajstić information content (AvgIpc) is 2.39.